The Morgan fingerprint density at radius 3 is 2.52 bits per heavy atom. The third-order valence-electron chi connectivity index (χ3n) is 2.85. The number of hydrogen-bond acceptors (Lipinski definition) is 5. The second kappa shape index (κ2) is 6.32. The van der Waals surface area contributed by atoms with Gasteiger partial charge in [0.2, 0.25) is 0 Å². The van der Waals surface area contributed by atoms with Crippen LogP contribution < -0.4 is 14.8 Å². The number of nitro benzene ring substituents is 1. The van der Waals surface area contributed by atoms with Gasteiger partial charge in [-0.1, -0.05) is 17.7 Å². The van der Waals surface area contributed by atoms with Crippen molar-refractivity contribution in [3.63, 3.8) is 0 Å². The van der Waals surface area contributed by atoms with Gasteiger partial charge in [-0.3, -0.25) is 10.1 Å². The molecule has 2 aromatic carbocycles. The SMILES string of the molecule is COc1ccc(Nc2cccc(Cl)c2[N+](=O)[O-])c(OC)c1. The van der Waals surface area contributed by atoms with E-state index in [0.29, 0.717) is 17.2 Å². The van der Waals surface area contributed by atoms with Crippen molar-refractivity contribution in [2.75, 3.05) is 19.5 Å². The number of nitrogens with zero attached hydrogens (tertiary/aromatic N) is 1. The number of benzene rings is 2. The predicted molar refractivity (Wildman–Crippen MR) is 80.9 cm³/mol. The van der Waals surface area contributed by atoms with Crippen LogP contribution in [0, 0.1) is 10.1 Å². The summed E-state index contributed by atoms with van der Waals surface area (Å²) < 4.78 is 10.4. The van der Waals surface area contributed by atoms with Gasteiger partial charge in [0, 0.05) is 6.07 Å². The van der Waals surface area contributed by atoms with E-state index >= 15 is 0 Å². The molecule has 0 radical (unpaired) electrons. The molecule has 0 aliphatic heterocycles. The van der Waals surface area contributed by atoms with E-state index in [1.165, 1.54) is 13.2 Å². The second-order valence-electron chi connectivity index (χ2n) is 4.08. The van der Waals surface area contributed by atoms with Crippen LogP contribution in [-0.2, 0) is 0 Å². The first-order valence-corrected chi connectivity index (χ1v) is 6.36. The minimum Gasteiger partial charge on any atom is -0.497 e. The van der Waals surface area contributed by atoms with Crippen molar-refractivity contribution in [2.24, 2.45) is 0 Å². The van der Waals surface area contributed by atoms with E-state index in [1.54, 1.807) is 37.4 Å². The molecule has 0 amide bonds. The van der Waals surface area contributed by atoms with E-state index in [9.17, 15) is 10.1 Å². The molecule has 7 heteroatoms. The summed E-state index contributed by atoms with van der Waals surface area (Å²) in [6.07, 6.45) is 0. The van der Waals surface area contributed by atoms with E-state index in [-0.39, 0.29) is 16.4 Å². The van der Waals surface area contributed by atoms with Crippen molar-refractivity contribution < 1.29 is 14.4 Å². The Morgan fingerprint density at radius 1 is 1.14 bits per heavy atom. The summed E-state index contributed by atoms with van der Waals surface area (Å²) in [4.78, 5) is 10.6. The van der Waals surface area contributed by atoms with Gasteiger partial charge in [-0.2, -0.15) is 0 Å². The number of nitrogens with one attached hydrogen (secondary N) is 1. The highest BCUT2D eigenvalue weighted by molar-refractivity contribution is 6.33. The average Bonchev–Trinajstić information content (AvgIpc) is 2.47. The maximum Gasteiger partial charge on any atom is 0.311 e. The van der Waals surface area contributed by atoms with Crippen LogP contribution in [0.3, 0.4) is 0 Å². The largest absolute Gasteiger partial charge is 0.497 e. The highest BCUT2D eigenvalue weighted by Crippen LogP contribution is 2.37. The maximum atomic E-state index is 11.1. The minimum absolute atomic E-state index is 0.0671. The smallest absolute Gasteiger partial charge is 0.311 e. The molecule has 0 aliphatic rings. The molecule has 1 N–H and O–H groups in total. The molecule has 6 nitrogen and oxygen atoms in total. The number of halogens is 1. The van der Waals surface area contributed by atoms with Gasteiger partial charge >= 0.3 is 5.69 Å². The fraction of sp³-hybridized carbons (Fsp3) is 0.143. The Kier molecular flexibility index (Phi) is 4.49. The van der Waals surface area contributed by atoms with Gasteiger partial charge in [-0.25, -0.2) is 0 Å². The molecule has 0 unspecified atom stereocenters. The maximum absolute atomic E-state index is 11.1. The summed E-state index contributed by atoms with van der Waals surface area (Å²) in [5, 5.41) is 14.1. The summed E-state index contributed by atoms with van der Waals surface area (Å²) in [5.41, 5.74) is 0.677. The molecule has 2 aromatic rings. The Hall–Kier alpha value is -2.47. The van der Waals surface area contributed by atoms with E-state index in [0.717, 1.165) is 0 Å². The van der Waals surface area contributed by atoms with Gasteiger partial charge in [-0.15, -0.1) is 0 Å². The molecule has 0 saturated heterocycles. The van der Waals surface area contributed by atoms with Gasteiger partial charge < -0.3 is 14.8 Å². The summed E-state index contributed by atoms with van der Waals surface area (Å²) in [5.74, 6) is 1.13. The van der Waals surface area contributed by atoms with Gasteiger partial charge in [-0.05, 0) is 24.3 Å². The first-order chi connectivity index (χ1) is 10.1. The molecule has 0 atom stereocenters. The number of ether oxygens (including phenoxy) is 2. The lowest BCUT2D eigenvalue weighted by atomic mass is 10.2. The van der Waals surface area contributed by atoms with E-state index < -0.39 is 4.92 Å². The third kappa shape index (κ3) is 3.17. The second-order valence-corrected chi connectivity index (χ2v) is 4.49. The fourth-order valence-corrected chi connectivity index (χ4v) is 2.09. The molecule has 0 aromatic heterocycles. The fourth-order valence-electron chi connectivity index (χ4n) is 1.85. The molecule has 2 rings (SSSR count). The normalized spacial score (nSPS) is 10.0. The molecule has 0 saturated carbocycles. The van der Waals surface area contributed by atoms with E-state index in [2.05, 4.69) is 5.32 Å². The first-order valence-electron chi connectivity index (χ1n) is 5.98. The van der Waals surface area contributed by atoms with Crippen molar-refractivity contribution in [1.29, 1.82) is 0 Å². The summed E-state index contributed by atoms with van der Waals surface area (Å²) in [6, 6.07) is 9.79. The standard InChI is InChI=1S/C14H13ClN2O4/c1-20-9-6-7-11(13(8-9)21-2)16-12-5-3-4-10(15)14(12)17(18)19/h3-8,16H,1-2H3. The van der Waals surface area contributed by atoms with E-state index in [1.807, 2.05) is 0 Å². The zero-order chi connectivity index (χ0) is 15.4. The van der Waals surface area contributed by atoms with Crippen molar-refractivity contribution in [2.45, 2.75) is 0 Å². The van der Waals surface area contributed by atoms with Crippen molar-refractivity contribution in [1.82, 2.24) is 0 Å². The highest BCUT2D eigenvalue weighted by Gasteiger charge is 2.19. The number of rotatable bonds is 5. The van der Waals surface area contributed by atoms with Crippen LogP contribution in [-0.4, -0.2) is 19.1 Å². The average molecular weight is 309 g/mol. The lowest BCUT2D eigenvalue weighted by Crippen LogP contribution is -1.99. The van der Waals surface area contributed by atoms with Gasteiger partial charge in [0.05, 0.1) is 24.8 Å². The Balaban J connectivity index is 2.43. The van der Waals surface area contributed by atoms with Gasteiger partial charge in [0.15, 0.2) is 0 Å². The van der Waals surface area contributed by atoms with Crippen LogP contribution in [0.4, 0.5) is 17.1 Å². The topological polar surface area (TPSA) is 73.6 Å². The van der Waals surface area contributed by atoms with Gasteiger partial charge in [0.25, 0.3) is 0 Å². The minimum atomic E-state index is -0.527. The highest BCUT2D eigenvalue weighted by atomic mass is 35.5. The number of methoxy groups -OCH3 is 2. The molecule has 0 aliphatic carbocycles. The molecule has 110 valence electrons. The molecule has 0 spiro atoms. The molecule has 0 heterocycles. The number of para-hydroxylation sites is 1. The molecular formula is C14H13ClN2O4. The van der Waals surface area contributed by atoms with Crippen LogP contribution in [0.1, 0.15) is 0 Å². The summed E-state index contributed by atoms with van der Waals surface area (Å²) in [7, 11) is 3.05. The lowest BCUT2D eigenvalue weighted by molar-refractivity contribution is -0.383. The van der Waals surface area contributed by atoms with Crippen molar-refractivity contribution >= 4 is 28.7 Å². The predicted octanol–water partition coefficient (Wildman–Crippen LogP) is 4.01. The molecule has 0 bridgehead atoms. The number of anilines is 2. The van der Waals surface area contributed by atoms with Crippen molar-refractivity contribution in [3.05, 3.63) is 51.5 Å². The Labute approximate surface area is 126 Å². The van der Waals surface area contributed by atoms with Crippen LogP contribution in [0.5, 0.6) is 11.5 Å². The quantitative estimate of drug-likeness (QED) is 0.667. The number of hydrogen-bond donors (Lipinski definition) is 1. The van der Waals surface area contributed by atoms with Crippen molar-refractivity contribution in [3.8, 4) is 11.5 Å². The zero-order valence-electron chi connectivity index (χ0n) is 11.4. The molecule has 0 fully saturated rings. The summed E-state index contributed by atoms with van der Waals surface area (Å²) in [6.45, 7) is 0. The Bertz CT molecular complexity index is 676. The zero-order valence-corrected chi connectivity index (χ0v) is 12.2. The summed E-state index contributed by atoms with van der Waals surface area (Å²) >= 11 is 5.88. The van der Waals surface area contributed by atoms with Crippen LogP contribution in [0.15, 0.2) is 36.4 Å². The lowest BCUT2D eigenvalue weighted by Gasteiger charge is -2.13. The number of nitro groups is 1. The van der Waals surface area contributed by atoms with Crippen LogP contribution in [0.25, 0.3) is 0 Å². The molecular weight excluding hydrogens is 296 g/mol. The first kappa shape index (κ1) is 14.9. The van der Waals surface area contributed by atoms with Gasteiger partial charge in [0.1, 0.15) is 22.2 Å². The monoisotopic (exact) mass is 308 g/mol. The van der Waals surface area contributed by atoms with Crippen LogP contribution in [0.2, 0.25) is 5.02 Å². The Morgan fingerprint density at radius 2 is 1.90 bits per heavy atom. The van der Waals surface area contributed by atoms with E-state index in [4.69, 9.17) is 21.1 Å². The third-order valence-corrected chi connectivity index (χ3v) is 3.15. The van der Waals surface area contributed by atoms with Crippen LogP contribution >= 0.6 is 11.6 Å². The molecule has 21 heavy (non-hydrogen) atoms.